The Bertz CT molecular complexity index is 446. The first-order valence-electron chi connectivity index (χ1n) is 8.11. The van der Waals surface area contributed by atoms with E-state index in [0.29, 0.717) is 17.9 Å². The van der Waals surface area contributed by atoms with Crippen LogP contribution < -0.4 is 10.2 Å². The van der Waals surface area contributed by atoms with Crippen LogP contribution in [-0.2, 0) is 6.54 Å². The Morgan fingerprint density at radius 1 is 1.14 bits per heavy atom. The van der Waals surface area contributed by atoms with E-state index in [2.05, 4.69) is 36.0 Å². The molecule has 1 aliphatic rings. The predicted molar refractivity (Wildman–Crippen MR) is 86.1 cm³/mol. The third-order valence-corrected chi connectivity index (χ3v) is 3.92. The van der Waals surface area contributed by atoms with Crippen LogP contribution in [0.5, 0.6) is 0 Å². The molecule has 118 valence electrons. The van der Waals surface area contributed by atoms with Gasteiger partial charge in [0.25, 0.3) is 0 Å². The Balaban J connectivity index is 2.12. The Labute approximate surface area is 127 Å². The van der Waals surface area contributed by atoms with E-state index < -0.39 is 0 Å². The summed E-state index contributed by atoms with van der Waals surface area (Å²) < 4.78 is 14.7. The van der Waals surface area contributed by atoms with E-state index in [1.165, 1.54) is 19.3 Å². The molecule has 0 atom stereocenters. The molecule has 1 aliphatic heterocycles. The van der Waals surface area contributed by atoms with Crippen LogP contribution in [0.3, 0.4) is 0 Å². The zero-order valence-corrected chi connectivity index (χ0v) is 13.6. The van der Waals surface area contributed by atoms with Crippen molar-refractivity contribution in [1.82, 2.24) is 10.3 Å². The molecule has 0 bridgehead atoms. The smallest absolute Gasteiger partial charge is 0.170 e. The van der Waals surface area contributed by atoms with Crippen LogP contribution in [0, 0.1) is 5.82 Å². The first-order chi connectivity index (χ1) is 9.97. The van der Waals surface area contributed by atoms with E-state index in [1.54, 1.807) is 12.3 Å². The van der Waals surface area contributed by atoms with Crippen LogP contribution in [-0.4, -0.2) is 23.6 Å². The van der Waals surface area contributed by atoms with Gasteiger partial charge in [0.2, 0.25) is 0 Å². The summed E-state index contributed by atoms with van der Waals surface area (Å²) in [6.45, 7) is 8.64. The lowest BCUT2D eigenvalue weighted by Gasteiger charge is -2.27. The van der Waals surface area contributed by atoms with Crippen molar-refractivity contribution in [3.05, 3.63) is 23.6 Å². The van der Waals surface area contributed by atoms with Gasteiger partial charge in [-0.3, -0.25) is 0 Å². The first kappa shape index (κ1) is 16.2. The number of aromatic nitrogens is 1. The Kier molecular flexibility index (Phi) is 5.57. The SMILES string of the molecule is CC(C)(C)NCc1ccnc(N2CCCCCCC2)c1F. The van der Waals surface area contributed by atoms with E-state index in [0.717, 1.165) is 25.9 Å². The van der Waals surface area contributed by atoms with Crippen molar-refractivity contribution in [3.63, 3.8) is 0 Å². The predicted octanol–water partition coefficient (Wildman–Crippen LogP) is 3.88. The van der Waals surface area contributed by atoms with Gasteiger partial charge in [0, 0.05) is 36.9 Å². The summed E-state index contributed by atoms with van der Waals surface area (Å²) in [5, 5.41) is 3.35. The molecule has 1 aromatic heterocycles. The number of anilines is 1. The summed E-state index contributed by atoms with van der Waals surface area (Å²) in [6.07, 6.45) is 7.78. The molecule has 0 amide bonds. The van der Waals surface area contributed by atoms with Crippen molar-refractivity contribution in [1.29, 1.82) is 0 Å². The van der Waals surface area contributed by atoms with Gasteiger partial charge < -0.3 is 10.2 Å². The maximum atomic E-state index is 14.7. The normalized spacial score (nSPS) is 17.4. The fourth-order valence-corrected chi connectivity index (χ4v) is 2.65. The van der Waals surface area contributed by atoms with Gasteiger partial charge in [0.1, 0.15) is 0 Å². The molecule has 1 aromatic rings. The minimum absolute atomic E-state index is 0.0175. The molecule has 21 heavy (non-hydrogen) atoms. The minimum Gasteiger partial charge on any atom is -0.354 e. The van der Waals surface area contributed by atoms with Crippen molar-refractivity contribution in [3.8, 4) is 0 Å². The summed E-state index contributed by atoms with van der Waals surface area (Å²) in [6, 6.07) is 1.78. The van der Waals surface area contributed by atoms with Crippen LogP contribution in [0.1, 0.15) is 58.4 Å². The minimum atomic E-state index is -0.158. The highest BCUT2D eigenvalue weighted by Crippen LogP contribution is 2.22. The molecule has 4 heteroatoms. The third kappa shape index (κ3) is 4.95. The lowest BCUT2D eigenvalue weighted by Crippen LogP contribution is -2.35. The average Bonchev–Trinajstić information content (AvgIpc) is 2.37. The van der Waals surface area contributed by atoms with Gasteiger partial charge in [-0.2, -0.15) is 0 Å². The topological polar surface area (TPSA) is 28.2 Å². The van der Waals surface area contributed by atoms with Gasteiger partial charge >= 0.3 is 0 Å². The fraction of sp³-hybridized carbons (Fsp3) is 0.706. The molecule has 2 rings (SSSR count). The van der Waals surface area contributed by atoms with Crippen LogP contribution >= 0.6 is 0 Å². The molecule has 0 saturated carbocycles. The van der Waals surface area contributed by atoms with Crippen molar-refractivity contribution in [2.24, 2.45) is 0 Å². The van der Waals surface area contributed by atoms with E-state index in [1.807, 2.05) is 0 Å². The Morgan fingerprint density at radius 3 is 2.38 bits per heavy atom. The van der Waals surface area contributed by atoms with E-state index in [9.17, 15) is 4.39 Å². The molecular formula is C17H28FN3. The number of nitrogens with one attached hydrogen (secondary N) is 1. The number of rotatable bonds is 3. The lowest BCUT2D eigenvalue weighted by atomic mass is 10.1. The molecule has 0 aromatic carbocycles. The molecule has 3 nitrogen and oxygen atoms in total. The average molecular weight is 293 g/mol. The van der Waals surface area contributed by atoms with Crippen LogP contribution in [0.4, 0.5) is 10.2 Å². The van der Waals surface area contributed by atoms with E-state index in [-0.39, 0.29) is 11.4 Å². The standard InChI is InChI=1S/C17H28FN3/c1-17(2,3)20-13-14-9-10-19-16(15(14)18)21-11-7-5-4-6-8-12-21/h9-10,20H,4-8,11-13H2,1-3H3. The van der Waals surface area contributed by atoms with Gasteiger partial charge in [-0.25, -0.2) is 9.37 Å². The molecule has 0 spiro atoms. The number of hydrogen-bond acceptors (Lipinski definition) is 3. The zero-order valence-electron chi connectivity index (χ0n) is 13.6. The number of halogens is 1. The second kappa shape index (κ2) is 7.21. The number of nitrogens with zero attached hydrogens (tertiary/aromatic N) is 2. The maximum Gasteiger partial charge on any atom is 0.170 e. The van der Waals surface area contributed by atoms with Gasteiger partial charge in [-0.05, 0) is 39.7 Å². The largest absolute Gasteiger partial charge is 0.354 e. The molecule has 0 radical (unpaired) electrons. The fourth-order valence-electron chi connectivity index (χ4n) is 2.65. The van der Waals surface area contributed by atoms with Crippen molar-refractivity contribution < 1.29 is 4.39 Å². The van der Waals surface area contributed by atoms with Gasteiger partial charge in [-0.1, -0.05) is 19.3 Å². The summed E-state index contributed by atoms with van der Waals surface area (Å²) in [4.78, 5) is 6.42. The first-order valence-corrected chi connectivity index (χ1v) is 8.11. The molecule has 1 fully saturated rings. The maximum absolute atomic E-state index is 14.7. The van der Waals surface area contributed by atoms with Crippen molar-refractivity contribution >= 4 is 5.82 Å². The van der Waals surface area contributed by atoms with Crippen LogP contribution in [0.2, 0.25) is 0 Å². The van der Waals surface area contributed by atoms with Gasteiger partial charge in [0.15, 0.2) is 11.6 Å². The third-order valence-electron chi connectivity index (χ3n) is 3.92. The second-order valence-corrected chi connectivity index (χ2v) is 6.97. The molecule has 2 heterocycles. The molecular weight excluding hydrogens is 265 g/mol. The monoisotopic (exact) mass is 293 g/mol. The van der Waals surface area contributed by atoms with E-state index in [4.69, 9.17) is 0 Å². The molecule has 0 aliphatic carbocycles. The van der Waals surface area contributed by atoms with Crippen LogP contribution in [0.25, 0.3) is 0 Å². The zero-order chi connectivity index (χ0) is 15.3. The quantitative estimate of drug-likeness (QED) is 0.916. The summed E-state index contributed by atoms with van der Waals surface area (Å²) in [5.41, 5.74) is 0.688. The molecule has 1 N–H and O–H groups in total. The number of pyridine rings is 1. The Morgan fingerprint density at radius 2 is 1.76 bits per heavy atom. The Hall–Kier alpha value is -1.16. The van der Waals surface area contributed by atoms with E-state index >= 15 is 0 Å². The second-order valence-electron chi connectivity index (χ2n) is 6.97. The van der Waals surface area contributed by atoms with Gasteiger partial charge in [-0.15, -0.1) is 0 Å². The van der Waals surface area contributed by atoms with Crippen molar-refractivity contribution in [2.75, 3.05) is 18.0 Å². The van der Waals surface area contributed by atoms with Crippen molar-refractivity contribution in [2.45, 2.75) is 65.0 Å². The van der Waals surface area contributed by atoms with Gasteiger partial charge in [0.05, 0.1) is 0 Å². The summed E-state index contributed by atoms with van der Waals surface area (Å²) >= 11 is 0. The van der Waals surface area contributed by atoms with Crippen LogP contribution in [0.15, 0.2) is 12.3 Å². The molecule has 0 unspecified atom stereocenters. The summed E-state index contributed by atoms with van der Waals surface area (Å²) in [5.74, 6) is 0.375. The lowest BCUT2D eigenvalue weighted by molar-refractivity contribution is 0.418. The molecule has 1 saturated heterocycles. The number of hydrogen-bond donors (Lipinski definition) is 1. The highest BCUT2D eigenvalue weighted by Gasteiger charge is 2.18. The highest BCUT2D eigenvalue weighted by molar-refractivity contribution is 5.43. The highest BCUT2D eigenvalue weighted by atomic mass is 19.1. The summed E-state index contributed by atoms with van der Waals surface area (Å²) in [7, 11) is 0.